The minimum Gasteiger partial charge on any atom is -0.368 e. The highest BCUT2D eigenvalue weighted by Crippen LogP contribution is 2.36. The van der Waals surface area contributed by atoms with Gasteiger partial charge < -0.3 is 5.73 Å². The Bertz CT molecular complexity index is 1030. The normalized spacial score (nSPS) is 15.8. The molecule has 0 saturated carbocycles. The van der Waals surface area contributed by atoms with Crippen LogP contribution >= 0.6 is 15.9 Å². The van der Waals surface area contributed by atoms with Crippen LogP contribution in [-0.2, 0) is 4.79 Å². The van der Waals surface area contributed by atoms with Crippen molar-refractivity contribution in [3.05, 3.63) is 70.3 Å². The van der Waals surface area contributed by atoms with Crippen LogP contribution in [0.1, 0.15) is 23.6 Å². The van der Waals surface area contributed by atoms with Crippen molar-refractivity contribution in [3.8, 4) is 11.3 Å². The smallest absolute Gasteiger partial charge is 0.243 e. The first-order valence-electron chi connectivity index (χ1n) is 8.36. The van der Waals surface area contributed by atoms with Gasteiger partial charge in [0.15, 0.2) is 0 Å². The first-order valence-corrected chi connectivity index (χ1v) is 9.15. The lowest BCUT2D eigenvalue weighted by Crippen LogP contribution is -2.38. The summed E-state index contributed by atoms with van der Waals surface area (Å²) in [6, 6.07) is 17.3. The zero-order valence-corrected chi connectivity index (χ0v) is 15.8. The standard InChI is InChI=1S/C19H17BrN6O/c20-13-8-6-11(7-9-13)15-10-14(18(27)24-22)17-16(12-4-2-1-3-5-12)23-19(21)26(17)25-15/h1-9,14H,10,22H2,(H2,21,23)(H,24,27). The third-order valence-corrected chi connectivity index (χ3v) is 5.07. The van der Waals surface area contributed by atoms with Crippen LogP contribution in [0.4, 0.5) is 5.95 Å². The average Bonchev–Trinajstić information content (AvgIpc) is 3.04. The van der Waals surface area contributed by atoms with Gasteiger partial charge >= 0.3 is 0 Å². The van der Waals surface area contributed by atoms with Gasteiger partial charge in [0.25, 0.3) is 0 Å². The molecule has 1 atom stereocenters. The maximum absolute atomic E-state index is 12.6. The molecule has 4 rings (SSSR count). The number of nitrogen functional groups attached to an aromatic ring is 1. The summed E-state index contributed by atoms with van der Waals surface area (Å²) >= 11 is 3.43. The maximum Gasteiger partial charge on any atom is 0.243 e. The number of carbonyl (C=O) groups excluding carboxylic acids is 1. The van der Waals surface area contributed by atoms with Crippen LogP contribution in [0.25, 0.3) is 11.3 Å². The SMILES string of the molecule is NNC(=O)C1CC(c2ccc(Br)cc2)=Nn2c(N)nc(-c3ccccc3)c21. The van der Waals surface area contributed by atoms with Crippen molar-refractivity contribution in [2.45, 2.75) is 12.3 Å². The van der Waals surface area contributed by atoms with Crippen molar-refractivity contribution in [2.75, 3.05) is 5.73 Å². The van der Waals surface area contributed by atoms with E-state index in [0.29, 0.717) is 17.8 Å². The molecule has 1 amide bonds. The molecule has 1 aliphatic rings. The predicted octanol–water partition coefficient (Wildman–Crippen LogP) is 2.62. The molecule has 8 heteroatoms. The third kappa shape index (κ3) is 3.13. The number of carbonyl (C=O) groups is 1. The van der Waals surface area contributed by atoms with E-state index >= 15 is 0 Å². The van der Waals surface area contributed by atoms with Gasteiger partial charge in [0.1, 0.15) is 0 Å². The number of fused-ring (bicyclic) bond motifs is 1. The number of nitrogens with one attached hydrogen (secondary N) is 1. The number of hydrogen-bond donors (Lipinski definition) is 3. The van der Waals surface area contributed by atoms with Crippen molar-refractivity contribution in [2.24, 2.45) is 10.9 Å². The van der Waals surface area contributed by atoms with Crippen molar-refractivity contribution < 1.29 is 4.79 Å². The quantitative estimate of drug-likeness (QED) is 0.340. The molecule has 1 aliphatic heterocycles. The van der Waals surface area contributed by atoms with Gasteiger partial charge in [-0.2, -0.15) is 5.10 Å². The molecule has 7 nitrogen and oxygen atoms in total. The number of nitrogens with two attached hydrogens (primary N) is 2. The van der Waals surface area contributed by atoms with Crippen molar-refractivity contribution >= 4 is 33.5 Å². The number of rotatable bonds is 3. The van der Waals surface area contributed by atoms with Gasteiger partial charge in [0.2, 0.25) is 11.9 Å². The van der Waals surface area contributed by atoms with E-state index in [0.717, 1.165) is 21.3 Å². The van der Waals surface area contributed by atoms with E-state index in [-0.39, 0.29) is 11.9 Å². The fourth-order valence-corrected chi connectivity index (χ4v) is 3.52. The average molecular weight is 425 g/mol. The van der Waals surface area contributed by atoms with E-state index < -0.39 is 5.92 Å². The summed E-state index contributed by atoms with van der Waals surface area (Å²) in [6.07, 6.45) is 0.398. The minimum atomic E-state index is -0.550. The topological polar surface area (TPSA) is 111 Å². The lowest BCUT2D eigenvalue weighted by molar-refractivity contribution is -0.122. The Hall–Kier alpha value is -2.97. The summed E-state index contributed by atoms with van der Waals surface area (Å²) in [6.45, 7) is 0. The van der Waals surface area contributed by atoms with E-state index in [1.807, 2.05) is 54.6 Å². The number of amides is 1. The zero-order chi connectivity index (χ0) is 19.0. The molecule has 0 spiro atoms. The Kier molecular flexibility index (Phi) is 4.51. The number of hydrogen-bond acceptors (Lipinski definition) is 5. The van der Waals surface area contributed by atoms with Crippen LogP contribution in [0.3, 0.4) is 0 Å². The van der Waals surface area contributed by atoms with Crippen LogP contribution in [0, 0.1) is 0 Å². The van der Waals surface area contributed by atoms with Gasteiger partial charge in [-0.3, -0.25) is 10.2 Å². The van der Waals surface area contributed by atoms with Crippen LogP contribution in [0.2, 0.25) is 0 Å². The molecular weight excluding hydrogens is 408 g/mol. The zero-order valence-electron chi connectivity index (χ0n) is 14.3. The van der Waals surface area contributed by atoms with Crippen molar-refractivity contribution in [1.29, 1.82) is 0 Å². The largest absolute Gasteiger partial charge is 0.368 e. The molecule has 136 valence electrons. The maximum atomic E-state index is 12.6. The van der Waals surface area contributed by atoms with Crippen molar-refractivity contribution in [3.63, 3.8) is 0 Å². The van der Waals surface area contributed by atoms with Crippen LogP contribution in [0.5, 0.6) is 0 Å². The second-order valence-electron chi connectivity index (χ2n) is 6.20. The van der Waals surface area contributed by atoms with Gasteiger partial charge in [0, 0.05) is 16.5 Å². The fraction of sp³-hybridized carbons (Fsp3) is 0.105. The Morgan fingerprint density at radius 3 is 2.48 bits per heavy atom. The van der Waals surface area contributed by atoms with Crippen LogP contribution in [0.15, 0.2) is 64.2 Å². The molecule has 0 fully saturated rings. The molecule has 0 radical (unpaired) electrons. The van der Waals surface area contributed by atoms with Gasteiger partial charge in [-0.05, 0) is 17.7 Å². The van der Waals surface area contributed by atoms with E-state index in [1.165, 1.54) is 0 Å². The van der Waals surface area contributed by atoms with E-state index in [9.17, 15) is 4.79 Å². The highest BCUT2D eigenvalue weighted by molar-refractivity contribution is 9.10. The van der Waals surface area contributed by atoms with Gasteiger partial charge in [-0.1, -0.05) is 58.4 Å². The number of aromatic nitrogens is 2. The highest BCUT2D eigenvalue weighted by Gasteiger charge is 2.34. The monoisotopic (exact) mass is 424 g/mol. The number of hydrazine groups is 1. The molecule has 27 heavy (non-hydrogen) atoms. The number of imidazole rings is 1. The van der Waals surface area contributed by atoms with E-state index in [2.05, 4.69) is 31.4 Å². The summed E-state index contributed by atoms with van der Waals surface area (Å²) in [4.78, 5) is 17.0. The molecule has 5 N–H and O–H groups in total. The third-order valence-electron chi connectivity index (χ3n) is 4.55. The summed E-state index contributed by atoms with van der Waals surface area (Å²) in [5.41, 5.74) is 12.2. The molecular formula is C19H17BrN6O. The van der Waals surface area contributed by atoms with Crippen LogP contribution in [-0.4, -0.2) is 21.3 Å². The molecule has 2 heterocycles. The fourth-order valence-electron chi connectivity index (χ4n) is 3.26. The highest BCUT2D eigenvalue weighted by atomic mass is 79.9. The molecule has 3 aromatic rings. The first-order chi connectivity index (χ1) is 13.1. The van der Waals surface area contributed by atoms with Crippen LogP contribution < -0.4 is 17.0 Å². The summed E-state index contributed by atoms with van der Waals surface area (Å²) in [5.74, 6) is 4.83. The second-order valence-corrected chi connectivity index (χ2v) is 7.12. The Labute approximate surface area is 164 Å². The summed E-state index contributed by atoms with van der Waals surface area (Å²) in [7, 11) is 0. The Balaban J connectivity index is 1.90. The molecule has 0 aliphatic carbocycles. The minimum absolute atomic E-state index is 0.230. The van der Waals surface area contributed by atoms with Gasteiger partial charge in [0.05, 0.1) is 23.0 Å². The first kappa shape index (κ1) is 17.4. The number of halogens is 1. The molecule has 0 saturated heterocycles. The predicted molar refractivity (Wildman–Crippen MR) is 108 cm³/mol. The molecule has 0 bridgehead atoms. The summed E-state index contributed by atoms with van der Waals surface area (Å²) < 4.78 is 2.51. The molecule has 2 aromatic carbocycles. The van der Waals surface area contributed by atoms with Crippen molar-refractivity contribution in [1.82, 2.24) is 15.1 Å². The number of anilines is 1. The van der Waals surface area contributed by atoms with E-state index in [1.54, 1.807) is 4.68 Å². The lowest BCUT2D eigenvalue weighted by Gasteiger charge is -2.23. The van der Waals surface area contributed by atoms with Gasteiger partial charge in [-0.25, -0.2) is 15.5 Å². The lowest BCUT2D eigenvalue weighted by atomic mass is 9.90. The van der Waals surface area contributed by atoms with E-state index in [4.69, 9.17) is 11.6 Å². The molecule has 1 unspecified atom stereocenters. The number of nitrogens with zero attached hydrogens (tertiary/aromatic N) is 3. The number of benzene rings is 2. The second kappa shape index (κ2) is 6.98. The molecule has 1 aromatic heterocycles. The Morgan fingerprint density at radius 1 is 1.11 bits per heavy atom. The summed E-state index contributed by atoms with van der Waals surface area (Å²) in [5, 5.41) is 4.67. The van der Waals surface area contributed by atoms with Gasteiger partial charge in [-0.15, -0.1) is 0 Å². The Morgan fingerprint density at radius 2 is 1.81 bits per heavy atom.